The number of fused-ring (bicyclic) bond motifs is 1. The Balaban J connectivity index is 1.89. The van der Waals surface area contributed by atoms with Crippen LogP contribution < -0.4 is 0 Å². The fourth-order valence-corrected chi connectivity index (χ4v) is 2.96. The molecule has 0 amide bonds. The lowest BCUT2D eigenvalue weighted by Gasteiger charge is -2.20. The molecule has 19 heavy (non-hydrogen) atoms. The predicted octanol–water partition coefficient (Wildman–Crippen LogP) is 4.40. The molecular weight excluding hydrogens is 232 g/mol. The number of hydrogen-bond donors (Lipinski definition) is 0. The van der Waals surface area contributed by atoms with E-state index < -0.39 is 0 Å². The second-order valence-corrected chi connectivity index (χ2v) is 5.64. The van der Waals surface area contributed by atoms with Crippen molar-refractivity contribution in [2.45, 2.75) is 52.0 Å². The minimum atomic E-state index is 0.601. The Morgan fingerprint density at radius 3 is 2.74 bits per heavy atom. The second kappa shape index (κ2) is 5.20. The number of benzene rings is 1. The quantitative estimate of drug-likeness (QED) is 0.793. The van der Waals surface area contributed by atoms with E-state index in [1.807, 2.05) is 0 Å². The number of hydrogen-bond acceptors (Lipinski definition) is 1. The minimum absolute atomic E-state index is 0.601. The van der Waals surface area contributed by atoms with Crippen LogP contribution in [0, 0.1) is 0 Å². The molecule has 1 aliphatic heterocycles. The maximum atomic E-state index is 4.81. The van der Waals surface area contributed by atoms with Gasteiger partial charge in [0, 0.05) is 24.2 Å². The molecule has 100 valence electrons. The molecule has 0 N–H and O–H groups in total. The van der Waals surface area contributed by atoms with Crippen LogP contribution in [0.3, 0.4) is 0 Å². The molecule has 0 saturated heterocycles. The van der Waals surface area contributed by atoms with Crippen LogP contribution in [0.15, 0.2) is 30.5 Å². The van der Waals surface area contributed by atoms with Gasteiger partial charge in [0.05, 0.1) is 5.69 Å². The Labute approximate surface area is 115 Å². The summed E-state index contributed by atoms with van der Waals surface area (Å²) in [7, 11) is 0. The van der Waals surface area contributed by atoms with Crippen molar-refractivity contribution in [2.75, 3.05) is 0 Å². The Hall–Kier alpha value is -1.57. The lowest BCUT2D eigenvalue weighted by molar-refractivity contribution is 0.426. The molecule has 2 heteroatoms. The first-order valence-electron chi connectivity index (χ1n) is 7.45. The number of imidazole rings is 1. The molecule has 1 aliphatic rings. The average molecular weight is 254 g/mol. The zero-order valence-electron chi connectivity index (χ0n) is 11.9. The highest BCUT2D eigenvalue weighted by atomic mass is 15.1. The van der Waals surface area contributed by atoms with E-state index in [1.165, 1.54) is 36.2 Å². The molecule has 0 fully saturated rings. The van der Waals surface area contributed by atoms with Gasteiger partial charge in [-0.2, -0.15) is 0 Å². The fourth-order valence-electron chi connectivity index (χ4n) is 2.96. The Bertz CT molecular complexity index is 551. The number of aryl methyl sites for hydroxylation is 2. The van der Waals surface area contributed by atoms with Crippen molar-refractivity contribution in [3.63, 3.8) is 0 Å². The summed E-state index contributed by atoms with van der Waals surface area (Å²) < 4.78 is 2.36. The molecule has 0 spiro atoms. The lowest BCUT2D eigenvalue weighted by atomic mass is 10.1. The Kier molecular flexibility index (Phi) is 3.41. The summed E-state index contributed by atoms with van der Waals surface area (Å²) in [4.78, 5) is 4.81. The van der Waals surface area contributed by atoms with Gasteiger partial charge in [-0.15, -0.1) is 0 Å². The number of aromatic nitrogens is 2. The van der Waals surface area contributed by atoms with Gasteiger partial charge in [0.25, 0.3) is 0 Å². The van der Waals surface area contributed by atoms with E-state index >= 15 is 0 Å². The normalized spacial score (nSPS) is 18.3. The maximum Gasteiger partial charge on any atom is 0.109 e. The molecule has 3 rings (SSSR count). The molecule has 1 aromatic heterocycles. The van der Waals surface area contributed by atoms with E-state index in [9.17, 15) is 0 Å². The van der Waals surface area contributed by atoms with Crippen molar-refractivity contribution in [1.29, 1.82) is 0 Å². The van der Waals surface area contributed by atoms with Gasteiger partial charge in [0.2, 0.25) is 0 Å². The van der Waals surface area contributed by atoms with Crippen LogP contribution in [0.5, 0.6) is 0 Å². The van der Waals surface area contributed by atoms with Crippen LogP contribution in [0.25, 0.3) is 11.3 Å². The summed E-state index contributed by atoms with van der Waals surface area (Å²) in [5.74, 6) is 1.26. The smallest absolute Gasteiger partial charge is 0.109 e. The third-order valence-electron chi connectivity index (χ3n) is 4.09. The molecule has 0 radical (unpaired) electrons. The van der Waals surface area contributed by atoms with Crippen molar-refractivity contribution in [2.24, 2.45) is 0 Å². The maximum absolute atomic E-state index is 4.81. The molecule has 1 unspecified atom stereocenters. The van der Waals surface area contributed by atoms with Crippen LogP contribution in [0.4, 0.5) is 0 Å². The summed E-state index contributed by atoms with van der Waals surface area (Å²) in [6, 6.07) is 9.50. The number of rotatable bonds is 3. The molecule has 0 saturated carbocycles. The minimum Gasteiger partial charge on any atom is -0.331 e. The van der Waals surface area contributed by atoms with Gasteiger partial charge in [-0.05, 0) is 31.7 Å². The largest absolute Gasteiger partial charge is 0.331 e. The molecule has 1 atom stereocenters. The molecule has 2 nitrogen and oxygen atoms in total. The molecule has 0 bridgehead atoms. The van der Waals surface area contributed by atoms with Gasteiger partial charge in [0.15, 0.2) is 0 Å². The van der Waals surface area contributed by atoms with Crippen LogP contribution in [0.2, 0.25) is 0 Å². The van der Waals surface area contributed by atoms with Gasteiger partial charge in [-0.1, -0.05) is 37.6 Å². The van der Waals surface area contributed by atoms with Crippen molar-refractivity contribution in [1.82, 2.24) is 9.55 Å². The molecule has 0 aliphatic carbocycles. The van der Waals surface area contributed by atoms with Gasteiger partial charge in [-0.3, -0.25) is 0 Å². The van der Waals surface area contributed by atoms with E-state index in [-0.39, 0.29) is 0 Å². The van der Waals surface area contributed by atoms with Gasteiger partial charge in [-0.25, -0.2) is 4.98 Å². The molecule has 2 heterocycles. The summed E-state index contributed by atoms with van der Waals surface area (Å²) in [5, 5.41) is 0. The van der Waals surface area contributed by atoms with Crippen LogP contribution in [0.1, 0.15) is 50.5 Å². The summed E-state index contributed by atoms with van der Waals surface area (Å²) in [6.07, 6.45) is 8.27. The SMILES string of the molecule is CCCc1ccc(-c2cn3c(n2)CCCC3C)cc1. The van der Waals surface area contributed by atoms with E-state index in [1.54, 1.807) is 0 Å². The summed E-state index contributed by atoms with van der Waals surface area (Å²) in [6.45, 7) is 4.51. The highest BCUT2D eigenvalue weighted by Crippen LogP contribution is 2.28. The zero-order chi connectivity index (χ0) is 13.2. The van der Waals surface area contributed by atoms with Gasteiger partial charge in [0.1, 0.15) is 5.82 Å². The molecular formula is C17H22N2. The van der Waals surface area contributed by atoms with E-state index in [4.69, 9.17) is 4.98 Å². The van der Waals surface area contributed by atoms with E-state index in [0.29, 0.717) is 6.04 Å². The average Bonchev–Trinajstić information content (AvgIpc) is 2.85. The van der Waals surface area contributed by atoms with E-state index in [0.717, 1.165) is 18.5 Å². The highest BCUT2D eigenvalue weighted by molar-refractivity contribution is 5.59. The molecule has 1 aromatic carbocycles. The second-order valence-electron chi connectivity index (χ2n) is 5.64. The summed E-state index contributed by atoms with van der Waals surface area (Å²) in [5.41, 5.74) is 3.80. The first-order valence-corrected chi connectivity index (χ1v) is 7.45. The van der Waals surface area contributed by atoms with Crippen molar-refractivity contribution in [3.05, 3.63) is 41.9 Å². The predicted molar refractivity (Wildman–Crippen MR) is 79.3 cm³/mol. The fraction of sp³-hybridized carbons (Fsp3) is 0.471. The Morgan fingerprint density at radius 1 is 1.26 bits per heavy atom. The van der Waals surface area contributed by atoms with Crippen LogP contribution >= 0.6 is 0 Å². The van der Waals surface area contributed by atoms with Crippen molar-refractivity contribution >= 4 is 0 Å². The zero-order valence-corrected chi connectivity index (χ0v) is 11.9. The third-order valence-corrected chi connectivity index (χ3v) is 4.09. The first kappa shape index (κ1) is 12.5. The van der Waals surface area contributed by atoms with Crippen LogP contribution in [-0.4, -0.2) is 9.55 Å². The standard InChI is InChI=1S/C17H22N2/c1-3-5-14-8-10-15(11-9-14)16-12-19-13(2)6-4-7-17(19)18-16/h8-13H,3-7H2,1-2H3. The van der Waals surface area contributed by atoms with E-state index in [2.05, 4.69) is 48.9 Å². The Morgan fingerprint density at radius 2 is 2.05 bits per heavy atom. The number of nitrogens with zero attached hydrogens (tertiary/aromatic N) is 2. The van der Waals surface area contributed by atoms with Crippen molar-refractivity contribution < 1.29 is 0 Å². The van der Waals surface area contributed by atoms with Gasteiger partial charge < -0.3 is 4.57 Å². The van der Waals surface area contributed by atoms with Crippen molar-refractivity contribution in [3.8, 4) is 11.3 Å². The third kappa shape index (κ3) is 2.44. The highest BCUT2D eigenvalue weighted by Gasteiger charge is 2.18. The topological polar surface area (TPSA) is 17.8 Å². The molecule has 2 aromatic rings. The first-order chi connectivity index (χ1) is 9.28. The lowest BCUT2D eigenvalue weighted by Crippen LogP contribution is -2.14. The summed E-state index contributed by atoms with van der Waals surface area (Å²) >= 11 is 0. The van der Waals surface area contributed by atoms with Crippen LogP contribution in [-0.2, 0) is 12.8 Å². The van der Waals surface area contributed by atoms with Gasteiger partial charge >= 0.3 is 0 Å². The monoisotopic (exact) mass is 254 g/mol.